The highest BCUT2D eigenvalue weighted by Gasteiger charge is 2.40. The maximum atomic E-state index is 13.4. The molecule has 0 aromatic heterocycles. The Balaban J connectivity index is 1.17. The summed E-state index contributed by atoms with van der Waals surface area (Å²) in [4.78, 5) is 46.8. The molecule has 1 aliphatic carbocycles. The highest BCUT2D eigenvalue weighted by Crippen LogP contribution is 2.41. The average molecular weight is 528 g/mol. The van der Waals surface area contributed by atoms with Crippen molar-refractivity contribution >= 4 is 40.4 Å². The number of carbonyl (C=O) groups excluding carboxylic acids is 3. The molecule has 3 N–H and O–H groups in total. The van der Waals surface area contributed by atoms with Crippen LogP contribution in [0.15, 0.2) is 47.1 Å². The number of nitrogens with zero attached hydrogens (tertiary/aromatic N) is 3. The summed E-state index contributed by atoms with van der Waals surface area (Å²) in [6.45, 7) is 2.25. The van der Waals surface area contributed by atoms with Crippen molar-refractivity contribution in [3.05, 3.63) is 53.2 Å². The van der Waals surface area contributed by atoms with E-state index in [1.165, 1.54) is 32.1 Å². The largest absolute Gasteiger partial charge is 0.404 e. The number of rotatable bonds is 6. The lowest BCUT2D eigenvalue weighted by Crippen LogP contribution is -2.53. The SMILES string of the molecule is N/C=C(\C=NC1CCN(C2CCCCC2)CC1)Cc1ccc2c3c(cccc13)C(=O)N2C1CCC(=O)NC1=O. The zero-order valence-electron chi connectivity index (χ0n) is 22.4. The first-order valence-corrected chi connectivity index (χ1v) is 14.4. The molecule has 2 aromatic carbocycles. The van der Waals surface area contributed by atoms with E-state index in [2.05, 4.69) is 10.2 Å². The number of nitrogens with one attached hydrogen (secondary N) is 1. The van der Waals surface area contributed by atoms with Crippen molar-refractivity contribution in [3.63, 3.8) is 0 Å². The topological polar surface area (TPSA) is 108 Å². The molecule has 2 saturated heterocycles. The first-order valence-electron chi connectivity index (χ1n) is 14.4. The van der Waals surface area contributed by atoms with Crippen LogP contribution in [0.1, 0.15) is 73.7 Å². The van der Waals surface area contributed by atoms with Gasteiger partial charge in [0.15, 0.2) is 0 Å². The van der Waals surface area contributed by atoms with Gasteiger partial charge in [0.25, 0.3) is 5.91 Å². The summed E-state index contributed by atoms with van der Waals surface area (Å²) >= 11 is 0. The van der Waals surface area contributed by atoms with Crippen molar-refractivity contribution in [3.8, 4) is 0 Å². The summed E-state index contributed by atoms with van der Waals surface area (Å²) in [7, 11) is 0. The Morgan fingerprint density at radius 3 is 2.54 bits per heavy atom. The molecule has 3 amide bonds. The van der Waals surface area contributed by atoms with Gasteiger partial charge in [0.1, 0.15) is 6.04 Å². The van der Waals surface area contributed by atoms with Crippen LogP contribution in [0.2, 0.25) is 0 Å². The van der Waals surface area contributed by atoms with E-state index in [1.54, 1.807) is 11.1 Å². The van der Waals surface area contributed by atoms with E-state index < -0.39 is 11.9 Å². The maximum absolute atomic E-state index is 13.4. The van der Waals surface area contributed by atoms with Gasteiger partial charge in [-0.1, -0.05) is 37.5 Å². The molecule has 4 aliphatic rings. The van der Waals surface area contributed by atoms with Gasteiger partial charge in [-0.05, 0) is 67.0 Å². The van der Waals surface area contributed by atoms with E-state index in [1.807, 2.05) is 36.5 Å². The van der Waals surface area contributed by atoms with Crippen LogP contribution >= 0.6 is 0 Å². The summed E-state index contributed by atoms with van der Waals surface area (Å²) in [6.07, 6.45) is 13.7. The first kappa shape index (κ1) is 25.7. The van der Waals surface area contributed by atoms with E-state index in [9.17, 15) is 14.4 Å². The lowest BCUT2D eigenvalue weighted by molar-refractivity contribution is -0.134. The fraction of sp³-hybridized carbons (Fsp3) is 0.484. The molecule has 6 rings (SSSR count). The van der Waals surface area contributed by atoms with Crippen molar-refractivity contribution in [1.29, 1.82) is 0 Å². The minimum absolute atomic E-state index is 0.196. The van der Waals surface area contributed by atoms with Gasteiger partial charge >= 0.3 is 0 Å². The molecule has 204 valence electrons. The first-order chi connectivity index (χ1) is 19.0. The number of imide groups is 1. The molecular formula is C31H37N5O3. The molecule has 1 atom stereocenters. The fourth-order valence-corrected chi connectivity index (χ4v) is 6.87. The monoisotopic (exact) mass is 527 g/mol. The van der Waals surface area contributed by atoms with E-state index in [4.69, 9.17) is 10.7 Å². The van der Waals surface area contributed by atoms with Crippen LogP contribution in [-0.2, 0) is 16.0 Å². The summed E-state index contributed by atoms with van der Waals surface area (Å²) in [5.41, 5.74) is 9.36. The van der Waals surface area contributed by atoms with Crippen LogP contribution < -0.4 is 16.0 Å². The van der Waals surface area contributed by atoms with Crippen LogP contribution in [0.3, 0.4) is 0 Å². The van der Waals surface area contributed by atoms with E-state index in [0.29, 0.717) is 24.4 Å². The summed E-state index contributed by atoms with van der Waals surface area (Å²) in [6, 6.07) is 10.1. The van der Waals surface area contributed by atoms with Crippen molar-refractivity contribution in [2.45, 2.75) is 82.3 Å². The Morgan fingerprint density at radius 1 is 1.00 bits per heavy atom. The number of amides is 3. The van der Waals surface area contributed by atoms with Crippen LogP contribution in [0, 0.1) is 0 Å². The molecule has 2 aromatic rings. The summed E-state index contributed by atoms with van der Waals surface area (Å²) in [5, 5.41) is 4.21. The number of piperidine rings is 2. The quantitative estimate of drug-likeness (QED) is 0.438. The van der Waals surface area contributed by atoms with Gasteiger partial charge in [0.2, 0.25) is 11.8 Å². The second kappa shape index (κ2) is 10.9. The molecular weight excluding hydrogens is 490 g/mol. The van der Waals surface area contributed by atoms with E-state index in [-0.39, 0.29) is 18.2 Å². The predicted molar refractivity (Wildman–Crippen MR) is 153 cm³/mol. The molecule has 0 spiro atoms. The lowest BCUT2D eigenvalue weighted by Gasteiger charge is -2.38. The van der Waals surface area contributed by atoms with Crippen molar-refractivity contribution in [2.24, 2.45) is 10.7 Å². The fourth-order valence-electron chi connectivity index (χ4n) is 6.87. The molecule has 3 heterocycles. The maximum Gasteiger partial charge on any atom is 0.259 e. The third-order valence-electron chi connectivity index (χ3n) is 8.99. The van der Waals surface area contributed by atoms with Gasteiger partial charge in [-0.3, -0.25) is 29.6 Å². The average Bonchev–Trinajstić information content (AvgIpc) is 3.25. The number of hydrogen-bond acceptors (Lipinski definition) is 6. The van der Waals surface area contributed by atoms with Crippen LogP contribution in [0.25, 0.3) is 10.8 Å². The number of likely N-dealkylation sites (tertiary alicyclic amines) is 1. The Kier molecular flexibility index (Phi) is 7.21. The van der Waals surface area contributed by atoms with Gasteiger partial charge in [-0.15, -0.1) is 0 Å². The molecule has 1 unspecified atom stereocenters. The highest BCUT2D eigenvalue weighted by molar-refractivity contribution is 6.27. The van der Waals surface area contributed by atoms with Gasteiger partial charge in [-0.2, -0.15) is 0 Å². The molecule has 3 fully saturated rings. The standard InChI is InChI=1S/C31H37N5O3/c32-18-20(19-33-22-13-15-35(16-14-22)23-5-2-1-3-6-23)17-21-9-10-26-29-24(21)7-4-8-25(29)31(39)36(26)27-11-12-28(37)34-30(27)38/h4,7-10,18-19,22-23,27H,1-3,5-6,11-17,32H2,(H,34,37,38)/b20-18-,33-19?. The number of aliphatic imine (C=N–C) groups is 1. The Morgan fingerprint density at radius 2 is 1.79 bits per heavy atom. The molecule has 8 heteroatoms. The van der Waals surface area contributed by atoms with Crippen molar-refractivity contribution < 1.29 is 14.4 Å². The zero-order valence-corrected chi connectivity index (χ0v) is 22.4. The van der Waals surface area contributed by atoms with Crippen molar-refractivity contribution in [1.82, 2.24) is 10.2 Å². The minimum atomic E-state index is -0.687. The molecule has 3 aliphatic heterocycles. The zero-order chi connectivity index (χ0) is 26.9. The van der Waals surface area contributed by atoms with Gasteiger partial charge in [0, 0.05) is 49.1 Å². The van der Waals surface area contributed by atoms with Crippen LogP contribution in [-0.4, -0.2) is 60.1 Å². The van der Waals surface area contributed by atoms with Crippen LogP contribution in [0.4, 0.5) is 5.69 Å². The molecule has 8 nitrogen and oxygen atoms in total. The molecule has 0 bridgehead atoms. The number of hydrogen-bond donors (Lipinski definition) is 2. The lowest BCUT2D eigenvalue weighted by atomic mass is 9.92. The Labute approximate surface area is 229 Å². The number of allylic oxidation sites excluding steroid dienone is 1. The molecule has 0 radical (unpaired) electrons. The summed E-state index contributed by atoms with van der Waals surface area (Å²) in [5.74, 6) is -0.907. The van der Waals surface area contributed by atoms with E-state index >= 15 is 0 Å². The second-order valence-corrected chi connectivity index (χ2v) is 11.4. The predicted octanol–water partition coefficient (Wildman–Crippen LogP) is 3.86. The number of nitrogens with two attached hydrogens (primary N) is 1. The van der Waals surface area contributed by atoms with Gasteiger partial charge in [-0.25, -0.2) is 0 Å². The molecule has 1 saturated carbocycles. The van der Waals surface area contributed by atoms with Crippen molar-refractivity contribution in [2.75, 3.05) is 18.0 Å². The highest BCUT2D eigenvalue weighted by atomic mass is 16.2. The number of benzene rings is 2. The minimum Gasteiger partial charge on any atom is -0.404 e. The number of anilines is 1. The third-order valence-corrected chi connectivity index (χ3v) is 8.99. The smallest absolute Gasteiger partial charge is 0.259 e. The Bertz CT molecular complexity index is 1350. The normalized spacial score (nSPS) is 23.8. The molecule has 39 heavy (non-hydrogen) atoms. The van der Waals surface area contributed by atoms with Crippen LogP contribution in [0.5, 0.6) is 0 Å². The third kappa shape index (κ3) is 4.98. The van der Waals surface area contributed by atoms with E-state index in [0.717, 1.165) is 59.6 Å². The van der Waals surface area contributed by atoms with Gasteiger partial charge in [0.05, 0.1) is 11.7 Å². The number of carbonyl (C=O) groups is 3. The Hall–Kier alpha value is -3.52. The van der Waals surface area contributed by atoms with Gasteiger partial charge < -0.3 is 10.6 Å². The second-order valence-electron chi connectivity index (χ2n) is 11.4. The summed E-state index contributed by atoms with van der Waals surface area (Å²) < 4.78 is 0.